The lowest BCUT2D eigenvalue weighted by Gasteiger charge is -2.13. The van der Waals surface area contributed by atoms with Gasteiger partial charge in [0.15, 0.2) is 0 Å². The minimum Gasteiger partial charge on any atom is -0.307 e. The van der Waals surface area contributed by atoms with Gasteiger partial charge in [0.2, 0.25) is 0 Å². The minimum absolute atomic E-state index is 0.908. The van der Waals surface area contributed by atoms with Gasteiger partial charge >= 0.3 is 0 Å². The van der Waals surface area contributed by atoms with E-state index in [4.69, 9.17) is 15.0 Å². The second-order valence-corrected chi connectivity index (χ2v) is 14.0. The molecule has 7 aromatic carbocycles. The van der Waals surface area contributed by atoms with E-state index in [-0.39, 0.29) is 0 Å². The zero-order valence-corrected chi connectivity index (χ0v) is 29.8. The summed E-state index contributed by atoms with van der Waals surface area (Å²) >= 11 is 0. The minimum atomic E-state index is 0.908. The number of benzene rings is 7. The lowest BCUT2D eigenvalue weighted by Crippen LogP contribution is -1.97. The van der Waals surface area contributed by atoms with Crippen molar-refractivity contribution in [1.82, 2.24) is 19.5 Å². The number of aromatic nitrogens is 4. The van der Waals surface area contributed by atoms with Crippen LogP contribution in [0, 0.1) is 0 Å². The Hall–Kier alpha value is -7.43. The number of hydrogen-bond acceptors (Lipinski definition) is 3. The van der Waals surface area contributed by atoms with Gasteiger partial charge in [-0.2, -0.15) is 0 Å². The van der Waals surface area contributed by atoms with Gasteiger partial charge in [0.05, 0.1) is 44.7 Å². The van der Waals surface area contributed by atoms with Crippen LogP contribution in [0.3, 0.4) is 0 Å². The molecule has 0 saturated heterocycles. The van der Waals surface area contributed by atoms with Crippen LogP contribution in [0.5, 0.6) is 0 Å². The maximum absolute atomic E-state index is 5.28. The van der Waals surface area contributed by atoms with E-state index in [0.29, 0.717) is 0 Å². The van der Waals surface area contributed by atoms with Crippen LogP contribution in [0.1, 0.15) is 0 Å². The quantitative estimate of drug-likeness (QED) is 0.168. The number of pyridine rings is 3. The second-order valence-electron chi connectivity index (χ2n) is 14.0. The highest BCUT2D eigenvalue weighted by molar-refractivity contribution is 6.23. The van der Waals surface area contributed by atoms with Gasteiger partial charge < -0.3 is 4.57 Å². The van der Waals surface area contributed by atoms with Gasteiger partial charge in [0.1, 0.15) is 0 Å². The number of fused-ring (bicyclic) bond motifs is 8. The molecule has 4 nitrogen and oxygen atoms in total. The van der Waals surface area contributed by atoms with Crippen LogP contribution >= 0.6 is 0 Å². The largest absolute Gasteiger partial charge is 0.307 e. The molecule has 11 rings (SSSR count). The highest BCUT2D eigenvalue weighted by atomic mass is 15.0. The lowest BCUT2D eigenvalue weighted by atomic mass is 10.0. The van der Waals surface area contributed by atoms with Crippen LogP contribution in [0.4, 0.5) is 0 Å². The topological polar surface area (TPSA) is 43.6 Å². The van der Waals surface area contributed by atoms with E-state index in [1.165, 1.54) is 10.8 Å². The van der Waals surface area contributed by atoms with Crippen molar-refractivity contribution in [2.24, 2.45) is 0 Å². The molecule has 55 heavy (non-hydrogen) atoms. The highest BCUT2D eigenvalue weighted by Crippen LogP contribution is 2.41. The zero-order chi connectivity index (χ0) is 36.3. The number of nitrogens with zero attached hydrogens (tertiary/aromatic N) is 4. The standard InChI is InChI=1S/C51H32N4/c1-3-12-34(13-4-1)43-30-26-36-22-23-37-27-31-44(53-49(37)48(36)52-43)39-17-11-16-38(32-39)33-24-28-40(29-25-33)55-46-21-10-8-19-42(46)47-41-18-7-9-20-45(41)54-50(51(47)55)35-14-5-2-6-15-35/h1-32H. The fourth-order valence-electron chi connectivity index (χ4n) is 8.12. The van der Waals surface area contributed by atoms with Crippen LogP contribution in [0.25, 0.3) is 105 Å². The Morgan fingerprint density at radius 1 is 0.364 bits per heavy atom. The lowest BCUT2D eigenvalue weighted by molar-refractivity contribution is 1.17. The third-order valence-electron chi connectivity index (χ3n) is 10.8. The van der Waals surface area contributed by atoms with Gasteiger partial charge in [-0.3, -0.25) is 0 Å². The molecule has 0 unspecified atom stereocenters. The van der Waals surface area contributed by atoms with Gasteiger partial charge in [-0.1, -0.05) is 152 Å². The Morgan fingerprint density at radius 2 is 0.927 bits per heavy atom. The van der Waals surface area contributed by atoms with Gasteiger partial charge in [-0.15, -0.1) is 0 Å². The van der Waals surface area contributed by atoms with E-state index in [2.05, 4.69) is 180 Å². The van der Waals surface area contributed by atoms with Gasteiger partial charge in [-0.05, 0) is 53.6 Å². The van der Waals surface area contributed by atoms with E-state index < -0.39 is 0 Å². The Balaban J connectivity index is 1.02. The molecule has 0 N–H and O–H groups in total. The summed E-state index contributed by atoms with van der Waals surface area (Å²) in [6, 6.07) is 68.4. The van der Waals surface area contributed by atoms with Crippen molar-refractivity contribution in [3.63, 3.8) is 0 Å². The molecule has 4 heterocycles. The third kappa shape index (κ3) is 5.19. The molecular formula is C51H32N4. The van der Waals surface area contributed by atoms with E-state index in [0.717, 1.165) is 94.3 Å². The first-order chi connectivity index (χ1) is 27.3. The molecule has 0 aliphatic rings. The molecule has 0 fully saturated rings. The molecule has 11 aromatic rings. The molecule has 4 heteroatoms. The molecule has 4 aromatic heterocycles. The fraction of sp³-hybridized carbons (Fsp3) is 0. The SMILES string of the molecule is c1ccc(-c2ccc3ccc4ccc(-c5cccc(-c6ccc(-n7c8ccccc8c8c9ccccc9nc(-c9ccccc9)c87)cc6)c5)nc4c3n2)cc1. The maximum Gasteiger partial charge on any atom is 0.0972 e. The molecule has 0 aliphatic carbocycles. The van der Waals surface area contributed by atoms with Crippen LogP contribution in [0.2, 0.25) is 0 Å². The van der Waals surface area contributed by atoms with Crippen molar-refractivity contribution in [2.45, 2.75) is 0 Å². The number of para-hydroxylation sites is 2. The number of hydrogen-bond donors (Lipinski definition) is 0. The molecule has 0 amide bonds. The summed E-state index contributed by atoms with van der Waals surface area (Å²) in [6.07, 6.45) is 0. The zero-order valence-electron chi connectivity index (χ0n) is 29.8. The van der Waals surface area contributed by atoms with Crippen LogP contribution < -0.4 is 0 Å². The Kier molecular flexibility index (Phi) is 7.14. The van der Waals surface area contributed by atoms with Crippen LogP contribution in [-0.4, -0.2) is 19.5 Å². The fourth-order valence-corrected chi connectivity index (χ4v) is 8.12. The molecule has 0 aliphatic heterocycles. The van der Waals surface area contributed by atoms with E-state index in [9.17, 15) is 0 Å². The van der Waals surface area contributed by atoms with Crippen molar-refractivity contribution in [3.05, 3.63) is 194 Å². The van der Waals surface area contributed by atoms with Gasteiger partial charge in [-0.25, -0.2) is 15.0 Å². The van der Waals surface area contributed by atoms with Crippen molar-refractivity contribution >= 4 is 54.5 Å². The summed E-state index contributed by atoms with van der Waals surface area (Å²) in [7, 11) is 0. The predicted molar refractivity (Wildman–Crippen MR) is 228 cm³/mol. The first-order valence-electron chi connectivity index (χ1n) is 18.6. The first-order valence-corrected chi connectivity index (χ1v) is 18.6. The molecule has 256 valence electrons. The van der Waals surface area contributed by atoms with Crippen molar-refractivity contribution < 1.29 is 0 Å². The molecule has 0 saturated carbocycles. The normalized spacial score (nSPS) is 11.6. The summed E-state index contributed by atoms with van der Waals surface area (Å²) in [6.45, 7) is 0. The Bertz CT molecular complexity index is 3240. The van der Waals surface area contributed by atoms with E-state index in [1.54, 1.807) is 0 Å². The Morgan fingerprint density at radius 3 is 1.65 bits per heavy atom. The summed E-state index contributed by atoms with van der Waals surface area (Å²) < 4.78 is 2.38. The van der Waals surface area contributed by atoms with Crippen LogP contribution in [-0.2, 0) is 0 Å². The van der Waals surface area contributed by atoms with E-state index >= 15 is 0 Å². The predicted octanol–water partition coefficient (Wildman–Crippen LogP) is 13.1. The molecule has 0 bridgehead atoms. The monoisotopic (exact) mass is 700 g/mol. The summed E-state index contributed by atoms with van der Waals surface area (Å²) in [5.41, 5.74) is 14.5. The summed E-state index contributed by atoms with van der Waals surface area (Å²) in [5.74, 6) is 0. The summed E-state index contributed by atoms with van der Waals surface area (Å²) in [5, 5.41) is 5.74. The van der Waals surface area contributed by atoms with Crippen molar-refractivity contribution in [3.8, 4) is 50.6 Å². The average molecular weight is 701 g/mol. The number of rotatable bonds is 5. The maximum atomic E-state index is 5.28. The smallest absolute Gasteiger partial charge is 0.0972 e. The van der Waals surface area contributed by atoms with E-state index in [1.807, 2.05) is 18.2 Å². The van der Waals surface area contributed by atoms with Crippen molar-refractivity contribution in [2.75, 3.05) is 0 Å². The first kappa shape index (κ1) is 31.1. The highest BCUT2D eigenvalue weighted by Gasteiger charge is 2.20. The summed E-state index contributed by atoms with van der Waals surface area (Å²) in [4.78, 5) is 15.6. The molecule has 0 atom stereocenters. The second kappa shape index (κ2) is 12.6. The third-order valence-corrected chi connectivity index (χ3v) is 10.8. The molecular weight excluding hydrogens is 669 g/mol. The van der Waals surface area contributed by atoms with Crippen LogP contribution in [0.15, 0.2) is 194 Å². The Labute approximate surface area is 317 Å². The van der Waals surface area contributed by atoms with Crippen molar-refractivity contribution in [1.29, 1.82) is 0 Å². The molecule has 0 spiro atoms. The van der Waals surface area contributed by atoms with Gasteiger partial charge in [0, 0.05) is 49.3 Å². The molecule has 0 radical (unpaired) electrons. The van der Waals surface area contributed by atoms with Gasteiger partial charge in [0.25, 0.3) is 0 Å². The average Bonchev–Trinajstić information content (AvgIpc) is 3.62.